The Balaban J connectivity index is 1.28. The summed E-state index contributed by atoms with van der Waals surface area (Å²) in [5.74, 6) is 0. The van der Waals surface area contributed by atoms with Crippen molar-refractivity contribution in [3.8, 4) is 22.3 Å². The van der Waals surface area contributed by atoms with E-state index in [9.17, 15) is 0 Å². The molecule has 9 aromatic rings. The van der Waals surface area contributed by atoms with Gasteiger partial charge in [0.05, 0.1) is 5.69 Å². The van der Waals surface area contributed by atoms with Gasteiger partial charge in [-0.1, -0.05) is 156 Å². The predicted octanol–water partition coefficient (Wildman–Crippen LogP) is 15.1. The molecule has 0 saturated heterocycles. The molecule has 0 N–H and O–H groups in total. The van der Waals surface area contributed by atoms with Crippen LogP contribution in [-0.2, 0) is 10.8 Å². The second-order valence-corrected chi connectivity index (χ2v) is 17.2. The van der Waals surface area contributed by atoms with E-state index in [1.165, 1.54) is 86.3 Å². The van der Waals surface area contributed by atoms with Crippen LogP contribution in [0.15, 0.2) is 158 Å². The minimum atomic E-state index is -0.0999. The molecule has 256 valence electrons. The highest BCUT2D eigenvalue weighted by Gasteiger charge is 2.37. The molecular weight excluding hydrogens is 659 g/mol. The van der Waals surface area contributed by atoms with Gasteiger partial charge in [0.1, 0.15) is 0 Å². The molecule has 1 aromatic heterocycles. The molecule has 1 aliphatic carbocycles. The van der Waals surface area contributed by atoms with E-state index in [4.69, 9.17) is 0 Å². The van der Waals surface area contributed by atoms with Crippen molar-refractivity contribution in [2.45, 2.75) is 45.4 Å². The lowest BCUT2D eigenvalue weighted by Crippen LogP contribution is -2.16. The fourth-order valence-electron chi connectivity index (χ4n) is 8.86. The molecule has 0 aliphatic heterocycles. The Morgan fingerprint density at radius 2 is 1.09 bits per heavy atom. The van der Waals surface area contributed by atoms with Crippen LogP contribution in [0, 0.1) is 0 Å². The number of nitrogens with zero attached hydrogens (tertiary/aromatic N) is 1. The molecule has 0 fully saturated rings. The SMILES string of the molecule is CC(C)(C)c1ccc(N(c2ccc3c(c2)-c2c(ccc4ccccc24)C3(C)C)c2ccc3ccccc3c2-c2cccc3c2sc2ccccc23)cc1. The summed E-state index contributed by atoms with van der Waals surface area (Å²) < 4.78 is 2.64. The summed E-state index contributed by atoms with van der Waals surface area (Å²) in [5, 5.41) is 7.72. The molecular formula is C51H41NS. The van der Waals surface area contributed by atoms with E-state index in [2.05, 4.69) is 197 Å². The number of fused-ring (bicyclic) bond motifs is 9. The van der Waals surface area contributed by atoms with Gasteiger partial charge in [-0.25, -0.2) is 0 Å². The van der Waals surface area contributed by atoms with Crippen LogP contribution in [0.3, 0.4) is 0 Å². The molecule has 0 spiro atoms. The largest absolute Gasteiger partial charge is 0.310 e. The van der Waals surface area contributed by atoms with Crippen LogP contribution in [0.2, 0.25) is 0 Å². The van der Waals surface area contributed by atoms with E-state index in [-0.39, 0.29) is 10.8 Å². The fraction of sp³-hybridized carbons (Fsp3) is 0.137. The normalized spacial score (nSPS) is 13.5. The summed E-state index contributed by atoms with van der Waals surface area (Å²) in [6.45, 7) is 11.6. The van der Waals surface area contributed by atoms with E-state index in [0.29, 0.717) is 0 Å². The zero-order valence-corrected chi connectivity index (χ0v) is 31.7. The van der Waals surface area contributed by atoms with Crippen molar-refractivity contribution >= 4 is 70.1 Å². The molecule has 0 saturated carbocycles. The monoisotopic (exact) mass is 699 g/mol. The first-order valence-corrected chi connectivity index (χ1v) is 19.5. The Morgan fingerprint density at radius 1 is 0.491 bits per heavy atom. The van der Waals surface area contributed by atoms with Crippen LogP contribution < -0.4 is 4.90 Å². The second-order valence-electron chi connectivity index (χ2n) is 16.2. The molecule has 1 aliphatic rings. The summed E-state index contributed by atoms with van der Waals surface area (Å²) in [6.07, 6.45) is 0. The third-order valence-corrected chi connectivity index (χ3v) is 12.8. The molecule has 1 heterocycles. The predicted molar refractivity (Wildman–Crippen MR) is 231 cm³/mol. The highest BCUT2D eigenvalue weighted by Crippen LogP contribution is 2.54. The molecule has 0 atom stereocenters. The van der Waals surface area contributed by atoms with E-state index in [1.807, 2.05) is 11.3 Å². The van der Waals surface area contributed by atoms with Gasteiger partial charge in [0.2, 0.25) is 0 Å². The minimum absolute atomic E-state index is 0.0538. The van der Waals surface area contributed by atoms with Crippen LogP contribution in [0.4, 0.5) is 17.1 Å². The third kappa shape index (κ3) is 4.89. The number of anilines is 3. The number of hydrogen-bond acceptors (Lipinski definition) is 2. The molecule has 10 rings (SSSR count). The zero-order valence-electron chi connectivity index (χ0n) is 30.9. The average Bonchev–Trinajstić information content (AvgIpc) is 3.67. The quantitative estimate of drug-likeness (QED) is 0.177. The maximum Gasteiger partial charge on any atom is 0.0547 e. The minimum Gasteiger partial charge on any atom is -0.310 e. The summed E-state index contributed by atoms with van der Waals surface area (Å²) >= 11 is 1.90. The maximum absolute atomic E-state index is 2.51. The van der Waals surface area contributed by atoms with Crippen LogP contribution >= 0.6 is 11.3 Å². The van der Waals surface area contributed by atoms with Crippen molar-refractivity contribution < 1.29 is 0 Å². The fourth-order valence-corrected chi connectivity index (χ4v) is 10.1. The topological polar surface area (TPSA) is 3.24 Å². The molecule has 8 aromatic carbocycles. The van der Waals surface area contributed by atoms with Gasteiger partial charge in [0.25, 0.3) is 0 Å². The van der Waals surface area contributed by atoms with Crippen molar-refractivity contribution in [1.82, 2.24) is 0 Å². The highest BCUT2D eigenvalue weighted by molar-refractivity contribution is 7.26. The third-order valence-electron chi connectivity index (χ3n) is 11.6. The Morgan fingerprint density at radius 3 is 1.83 bits per heavy atom. The van der Waals surface area contributed by atoms with Crippen LogP contribution in [0.5, 0.6) is 0 Å². The van der Waals surface area contributed by atoms with E-state index < -0.39 is 0 Å². The Kier molecular flexibility index (Phi) is 7.03. The summed E-state index contributed by atoms with van der Waals surface area (Å²) in [7, 11) is 0. The van der Waals surface area contributed by atoms with Crippen LogP contribution in [0.1, 0.15) is 51.3 Å². The Labute approximate surface area is 315 Å². The number of thiophene rings is 1. The van der Waals surface area contributed by atoms with Gasteiger partial charge in [-0.05, 0) is 91.2 Å². The Hall–Kier alpha value is -5.70. The molecule has 0 unspecified atom stereocenters. The zero-order chi connectivity index (χ0) is 36.1. The van der Waals surface area contributed by atoms with Crippen molar-refractivity contribution in [3.05, 3.63) is 174 Å². The van der Waals surface area contributed by atoms with Crippen molar-refractivity contribution in [2.24, 2.45) is 0 Å². The Bertz CT molecular complexity index is 2900. The van der Waals surface area contributed by atoms with Gasteiger partial charge in [-0.3, -0.25) is 0 Å². The molecule has 53 heavy (non-hydrogen) atoms. The van der Waals surface area contributed by atoms with Crippen molar-refractivity contribution in [1.29, 1.82) is 0 Å². The number of benzene rings is 8. The molecule has 2 heteroatoms. The van der Waals surface area contributed by atoms with Crippen molar-refractivity contribution in [2.75, 3.05) is 4.90 Å². The van der Waals surface area contributed by atoms with Crippen LogP contribution in [0.25, 0.3) is 64.0 Å². The second kappa shape index (κ2) is 11.7. The molecule has 0 bridgehead atoms. The molecule has 0 amide bonds. The lowest BCUT2D eigenvalue weighted by atomic mass is 9.82. The van der Waals surface area contributed by atoms with E-state index in [1.54, 1.807) is 0 Å². The summed E-state index contributed by atoms with van der Waals surface area (Å²) in [4.78, 5) is 2.51. The van der Waals surface area contributed by atoms with Gasteiger partial charge in [-0.15, -0.1) is 11.3 Å². The van der Waals surface area contributed by atoms with Gasteiger partial charge in [-0.2, -0.15) is 0 Å². The van der Waals surface area contributed by atoms with Gasteiger partial charge in [0.15, 0.2) is 0 Å². The van der Waals surface area contributed by atoms with Crippen LogP contribution in [-0.4, -0.2) is 0 Å². The van der Waals surface area contributed by atoms with Gasteiger partial charge in [0, 0.05) is 48.1 Å². The smallest absolute Gasteiger partial charge is 0.0547 e. The summed E-state index contributed by atoms with van der Waals surface area (Å²) in [5.41, 5.74) is 12.7. The average molecular weight is 700 g/mol. The number of rotatable bonds is 4. The summed E-state index contributed by atoms with van der Waals surface area (Å²) in [6, 6.07) is 59.2. The first kappa shape index (κ1) is 32.0. The van der Waals surface area contributed by atoms with E-state index >= 15 is 0 Å². The number of hydrogen-bond donors (Lipinski definition) is 0. The lowest BCUT2D eigenvalue weighted by Gasteiger charge is -2.30. The standard InChI is InChI=1S/C51H41NS/c1-50(2,3)34-23-25-35(26-24-34)52(36-27-29-43-42(31-36)47-37-15-8-6-13-32(37)21-28-44(47)51(43,4)5)45-30-22-33-14-7-9-16-38(33)48(45)41-19-12-18-40-39-17-10-11-20-46(39)53-49(40)41/h6-31H,1-5H3. The first-order chi connectivity index (χ1) is 25.7. The van der Waals surface area contributed by atoms with Gasteiger partial charge < -0.3 is 4.90 Å². The van der Waals surface area contributed by atoms with E-state index in [0.717, 1.165) is 11.4 Å². The van der Waals surface area contributed by atoms with Gasteiger partial charge >= 0.3 is 0 Å². The molecule has 0 radical (unpaired) electrons. The maximum atomic E-state index is 2.51. The highest BCUT2D eigenvalue weighted by atomic mass is 32.1. The molecule has 1 nitrogen and oxygen atoms in total. The first-order valence-electron chi connectivity index (χ1n) is 18.7. The van der Waals surface area contributed by atoms with Crippen molar-refractivity contribution in [3.63, 3.8) is 0 Å². The lowest BCUT2D eigenvalue weighted by molar-refractivity contribution is 0.590.